The van der Waals surface area contributed by atoms with Crippen LogP contribution in [0.15, 0.2) is 223 Å². The Kier molecular flexibility index (Phi) is 6.86. The molecule has 2 aliphatic heterocycles. The molecule has 5 nitrogen and oxygen atoms in total. The van der Waals surface area contributed by atoms with Gasteiger partial charge in [0.15, 0.2) is 0 Å². The highest BCUT2D eigenvalue weighted by atomic mass is 16.3. The van der Waals surface area contributed by atoms with Crippen LogP contribution in [0.25, 0.3) is 132 Å². The molecule has 0 amide bonds. The predicted molar refractivity (Wildman–Crippen MR) is 303 cm³/mol. The molecule has 0 fully saturated rings. The van der Waals surface area contributed by atoms with Crippen molar-refractivity contribution in [1.82, 2.24) is 8.80 Å². The van der Waals surface area contributed by atoms with Crippen LogP contribution >= 0.6 is 0 Å². The van der Waals surface area contributed by atoms with Crippen molar-refractivity contribution in [3.63, 3.8) is 0 Å². The van der Waals surface area contributed by atoms with E-state index in [9.17, 15) is 0 Å². The third-order valence-corrected chi connectivity index (χ3v) is 16.5. The normalized spacial score (nSPS) is 13.3. The van der Waals surface area contributed by atoms with Crippen LogP contribution in [0.2, 0.25) is 0 Å². The van der Waals surface area contributed by atoms with Crippen LogP contribution in [0.5, 0.6) is 0 Å². The van der Waals surface area contributed by atoms with Crippen molar-refractivity contribution in [2.75, 3.05) is 10.1 Å². The van der Waals surface area contributed by atoms with E-state index in [1.165, 1.54) is 120 Å². The van der Waals surface area contributed by atoms with Gasteiger partial charge in [-0.1, -0.05) is 164 Å². The van der Waals surface area contributed by atoms with E-state index in [-0.39, 0.29) is 6.85 Å². The minimum Gasteiger partial charge on any atom is -0.456 e. The van der Waals surface area contributed by atoms with Crippen molar-refractivity contribution in [2.24, 2.45) is 0 Å². The molecule has 72 heavy (non-hydrogen) atoms. The average Bonchev–Trinajstić information content (AvgIpc) is 4.25. The Labute approximate surface area is 411 Å². The van der Waals surface area contributed by atoms with Crippen molar-refractivity contribution in [3.8, 4) is 33.4 Å². The Bertz CT molecular complexity index is 5040. The Morgan fingerprint density at radius 2 is 0.958 bits per heavy atom. The summed E-state index contributed by atoms with van der Waals surface area (Å²) >= 11 is 0. The first-order valence-electron chi connectivity index (χ1n) is 25.0. The molecule has 5 aromatic heterocycles. The molecule has 0 radical (unpaired) electrons. The van der Waals surface area contributed by atoms with E-state index in [1.54, 1.807) is 0 Å². The van der Waals surface area contributed by atoms with Crippen LogP contribution < -0.4 is 21.1 Å². The smallest absolute Gasteiger partial charge is 0.325 e. The van der Waals surface area contributed by atoms with Gasteiger partial charge in [-0.3, -0.25) is 0 Å². The van der Waals surface area contributed by atoms with Gasteiger partial charge in [-0.15, -0.1) is 0 Å². The van der Waals surface area contributed by atoms with Gasteiger partial charge in [-0.25, -0.2) is 0 Å². The summed E-state index contributed by atoms with van der Waals surface area (Å²) in [5.41, 5.74) is 23.2. The summed E-state index contributed by atoms with van der Waals surface area (Å²) in [7, 11) is 0. The quantitative estimate of drug-likeness (QED) is 0.179. The Morgan fingerprint density at radius 1 is 0.375 bits per heavy atom. The molecule has 0 saturated carbocycles. The van der Waals surface area contributed by atoms with Gasteiger partial charge in [0.2, 0.25) is 0 Å². The van der Waals surface area contributed by atoms with Crippen molar-refractivity contribution in [2.45, 2.75) is 0 Å². The molecule has 16 aromatic rings. The van der Waals surface area contributed by atoms with Crippen LogP contribution in [0, 0.1) is 0 Å². The number of hydrogen-bond donors (Lipinski definition) is 1. The van der Waals surface area contributed by atoms with Crippen molar-refractivity contribution in [3.05, 3.63) is 218 Å². The summed E-state index contributed by atoms with van der Waals surface area (Å²) in [4.78, 5) is 2.55. The Hall–Kier alpha value is -9.52. The molecule has 330 valence electrons. The lowest BCUT2D eigenvalue weighted by atomic mass is 9.44. The minimum absolute atomic E-state index is 0.205. The summed E-state index contributed by atoms with van der Waals surface area (Å²) in [6, 6.07) is 81.0. The number of rotatable bonds is 3. The Balaban J connectivity index is 0.986. The number of benzene rings is 11. The van der Waals surface area contributed by atoms with E-state index in [1.807, 2.05) is 0 Å². The third-order valence-electron chi connectivity index (χ3n) is 16.5. The summed E-state index contributed by atoms with van der Waals surface area (Å²) < 4.78 is 12.0. The monoisotopic (exact) mass is 912 g/mol. The lowest BCUT2D eigenvalue weighted by Gasteiger charge is -2.41. The third kappa shape index (κ3) is 4.57. The zero-order valence-electron chi connectivity index (χ0n) is 38.6. The lowest BCUT2D eigenvalue weighted by molar-refractivity contribution is 0.669. The fraction of sp³-hybridized carbons (Fsp3) is 0. The van der Waals surface area contributed by atoms with Gasteiger partial charge in [0.25, 0.3) is 0 Å². The second-order valence-corrected chi connectivity index (χ2v) is 20.0. The fourth-order valence-corrected chi connectivity index (χ4v) is 13.6. The largest absolute Gasteiger partial charge is 0.456 e. The number of fused-ring (bicyclic) bond motifs is 20. The summed E-state index contributed by atoms with van der Waals surface area (Å²) in [5, 5.41) is 16.7. The Morgan fingerprint density at radius 3 is 1.72 bits per heavy atom. The molecule has 1 N–H and O–H groups in total. The van der Waals surface area contributed by atoms with Gasteiger partial charge < -0.3 is 23.3 Å². The van der Waals surface area contributed by atoms with Crippen LogP contribution in [0.4, 0.5) is 22.7 Å². The fourth-order valence-electron chi connectivity index (χ4n) is 13.6. The lowest BCUT2D eigenvalue weighted by Crippen LogP contribution is -2.57. The van der Waals surface area contributed by atoms with E-state index in [4.69, 9.17) is 4.42 Å². The zero-order valence-corrected chi connectivity index (χ0v) is 38.6. The first kappa shape index (κ1) is 37.4. The van der Waals surface area contributed by atoms with Crippen LogP contribution in [-0.2, 0) is 0 Å². The second kappa shape index (κ2) is 13.2. The SMILES string of the molecule is c1ccc(-c2cccc(-c3cccc4c3NB3c5cc6c(cc5N(c5ccc7c8cccc9c%10ccccc%10n(c7c5)c98)c5cc7oc8ccccc8c7c-4c53)c3cccc4c5ccccc5n6c43)c2)cc1. The standard InChI is InChI=1S/C66H37BN4O/c1-2-14-37(15-3-1)38-16-10-17-39(32-38)41-21-11-26-50-62-61-49-20-6-9-29-59(49)72-60(61)36-58-63(62)67(68-64(41)50)52-35-56-51(48-25-13-23-46-43-19-5-8-28-54(43)71(56)66(46)48)34-57(52)69(58)40-30-31-44-47-24-12-22-45-42-18-4-7-27-53(42)70(65(45)47)55(44)33-40/h1-36,68H. The van der Waals surface area contributed by atoms with Crippen molar-refractivity contribution >= 4 is 139 Å². The number of anilines is 4. The average molecular weight is 913 g/mol. The molecule has 11 aromatic carbocycles. The highest BCUT2D eigenvalue weighted by Gasteiger charge is 2.43. The number of hydrogen-bond acceptors (Lipinski definition) is 3. The number of aromatic nitrogens is 2. The molecule has 6 heteroatoms. The number of para-hydroxylation sites is 6. The molecule has 2 aliphatic rings. The zero-order chi connectivity index (χ0) is 46.5. The molecular formula is C66H37BN4O. The summed E-state index contributed by atoms with van der Waals surface area (Å²) in [6.45, 7) is -0.205. The number of nitrogens with zero attached hydrogens (tertiary/aromatic N) is 3. The molecule has 0 spiro atoms. The first-order chi connectivity index (χ1) is 35.7. The minimum atomic E-state index is -0.205. The number of nitrogens with one attached hydrogen (secondary N) is 1. The maximum absolute atomic E-state index is 7.01. The van der Waals surface area contributed by atoms with E-state index >= 15 is 0 Å². The van der Waals surface area contributed by atoms with Crippen molar-refractivity contribution in [1.29, 1.82) is 0 Å². The highest BCUT2D eigenvalue weighted by molar-refractivity contribution is 6.93. The number of furan rings is 1. The summed E-state index contributed by atoms with van der Waals surface area (Å²) in [6.07, 6.45) is 0. The molecule has 0 bridgehead atoms. The van der Waals surface area contributed by atoms with Gasteiger partial charge >= 0.3 is 6.85 Å². The topological polar surface area (TPSA) is 37.2 Å². The molecule has 7 heterocycles. The van der Waals surface area contributed by atoms with Crippen molar-refractivity contribution < 1.29 is 4.42 Å². The molecule has 0 saturated heterocycles. The molecular weight excluding hydrogens is 876 g/mol. The maximum atomic E-state index is 7.01. The second-order valence-electron chi connectivity index (χ2n) is 20.0. The molecule has 18 rings (SSSR count). The molecule has 0 unspecified atom stereocenters. The van der Waals surface area contributed by atoms with Gasteiger partial charge in [0, 0.05) is 93.8 Å². The predicted octanol–water partition coefficient (Wildman–Crippen LogP) is 16.2. The molecule has 0 aliphatic carbocycles. The van der Waals surface area contributed by atoms with E-state index in [0.717, 1.165) is 44.7 Å². The maximum Gasteiger partial charge on any atom is 0.325 e. The van der Waals surface area contributed by atoms with E-state index in [2.05, 4.69) is 237 Å². The van der Waals surface area contributed by atoms with Gasteiger partial charge in [-0.2, -0.15) is 0 Å². The van der Waals surface area contributed by atoms with E-state index in [0.29, 0.717) is 0 Å². The highest BCUT2D eigenvalue weighted by Crippen LogP contribution is 2.52. The van der Waals surface area contributed by atoms with Crippen LogP contribution in [0.1, 0.15) is 0 Å². The van der Waals surface area contributed by atoms with E-state index < -0.39 is 0 Å². The van der Waals surface area contributed by atoms with Gasteiger partial charge in [0.05, 0.1) is 33.1 Å². The van der Waals surface area contributed by atoms with Crippen LogP contribution in [0.3, 0.4) is 0 Å². The summed E-state index contributed by atoms with van der Waals surface area (Å²) in [5.74, 6) is 0. The van der Waals surface area contributed by atoms with Gasteiger partial charge in [0.1, 0.15) is 11.2 Å². The first-order valence-corrected chi connectivity index (χ1v) is 25.0. The van der Waals surface area contributed by atoms with Crippen LogP contribution in [-0.4, -0.2) is 15.6 Å². The van der Waals surface area contributed by atoms with Gasteiger partial charge in [-0.05, 0) is 81.7 Å². The molecule has 0 atom stereocenters.